The minimum absolute atomic E-state index is 0.00748. The number of hydrogen-bond acceptors (Lipinski definition) is 3. The van der Waals surface area contributed by atoms with Crippen molar-refractivity contribution in [1.82, 2.24) is 5.32 Å². The maximum absolute atomic E-state index is 11.7. The van der Waals surface area contributed by atoms with Crippen molar-refractivity contribution in [2.45, 2.75) is 19.9 Å². The second kappa shape index (κ2) is 6.45. The molecule has 0 aliphatic heterocycles. The van der Waals surface area contributed by atoms with E-state index in [1.807, 2.05) is 32.0 Å². The summed E-state index contributed by atoms with van der Waals surface area (Å²) in [6, 6.07) is 9.12. The average Bonchev–Trinajstić information content (AvgIpc) is 2.35. The predicted octanol–water partition coefficient (Wildman–Crippen LogP) is 2.13. The van der Waals surface area contributed by atoms with Crippen LogP contribution in [0.3, 0.4) is 0 Å². The Morgan fingerprint density at radius 2 is 2.11 bits per heavy atom. The Labute approximate surface area is 107 Å². The quantitative estimate of drug-likeness (QED) is 0.652. The van der Waals surface area contributed by atoms with Crippen LogP contribution in [-0.2, 0) is 4.79 Å². The number of ether oxygens (including phenoxy) is 1. The molecule has 0 fully saturated rings. The molecule has 0 radical (unpaired) electrons. The summed E-state index contributed by atoms with van der Waals surface area (Å²) in [4.78, 5) is 11.7. The van der Waals surface area contributed by atoms with Crippen molar-refractivity contribution in [2.24, 2.45) is 0 Å². The molecule has 0 aliphatic carbocycles. The molecule has 94 valence electrons. The Kier molecular flexibility index (Phi) is 4.94. The van der Waals surface area contributed by atoms with Gasteiger partial charge in [0.05, 0.1) is 7.11 Å². The van der Waals surface area contributed by atoms with Crippen LogP contribution in [0, 0.1) is 11.3 Å². The zero-order valence-electron chi connectivity index (χ0n) is 10.7. The molecule has 0 bridgehead atoms. The van der Waals surface area contributed by atoms with Crippen molar-refractivity contribution in [3.05, 3.63) is 35.4 Å². The van der Waals surface area contributed by atoms with Gasteiger partial charge in [-0.25, -0.2) is 0 Å². The molecular formula is C14H16N2O2. The van der Waals surface area contributed by atoms with E-state index in [0.717, 1.165) is 0 Å². The molecule has 0 aromatic heterocycles. The lowest BCUT2D eigenvalue weighted by Gasteiger charge is -2.08. The van der Waals surface area contributed by atoms with Gasteiger partial charge in [0, 0.05) is 11.6 Å². The number of para-hydroxylation sites is 1. The highest BCUT2D eigenvalue weighted by molar-refractivity contribution is 6.02. The van der Waals surface area contributed by atoms with E-state index in [2.05, 4.69) is 5.32 Å². The number of rotatable bonds is 4. The van der Waals surface area contributed by atoms with E-state index in [1.165, 1.54) is 6.08 Å². The Morgan fingerprint density at radius 1 is 1.44 bits per heavy atom. The van der Waals surface area contributed by atoms with Gasteiger partial charge in [0.1, 0.15) is 17.4 Å². The molecule has 4 heteroatoms. The van der Waals surface area contributed by atoms with Gasteiger partial charge in [-0.2, -0.15) is 5.26 Å². The predicted molar refractivity (Wildman–Crippen MR) is 69.9 cm³/mol. The first kappa shape index (κ1) is 13.8. The summed E-state index contributed by atoms with van der Waals surface area (Å²) >= 11 is 0. The van der Waals surface area contributed by atoms with Crippen molar-refractivity contribution >= 4 is 12.0 Å². The molecule has 1 aromatic rings. The number of amides is 1. The Bertz CT molecular complexity index is 499. The molecule has 0 saturated heterocycles. The molecule has 18 heavy (non-hydrogen) atoms. The minimum Gasteiger partial charge on any atom is -0.496 e. The number of carbonyl (C=O) groups excluding carboxylic acids is 1. The van der Waals surface area contributed by atoms with E-state index < -0.39 is 0 Å². The van der Waals surface area contributed by atoms with E-state index >= 15 is 0 Å². The van der Waals surface area contributed by atoms with Crippen LogP contribution in [-0.4, -0.2) is 19.1 Å². The molecular weight excluding hydrogens is 228 g/mol. The topological polar surface area (TPSA) is 62.1 Å². The first-order chi connectivity index (χ1) is 8.58. The van der Waals surface area contributed by atoms with Crippen molar-refractivity contribution < 1.29 is 9.53 Å². The Balaban J connectivity index is 3.05. The molecule has 0 atom stereocenters. The van der Waals surface area contributed by atoms with Gasteiger partial charge >= 0.3 is 0 Å². The van der Waals surface area contributed by atoms with E-state index in [0.29, 0.717) is 11.3 Å². The van der Waals surface area contributed by atoms with Crippen LogP contribution < -0.4 is 10.1 Å². The monoisotopic (exact) mass is 244 g/mol. The van der Waals surface area contributed by atoms with E-state index in [4.69, 9.17) is 10.00 Å². The maximum Gasteiger partial charge on any atom is 0.262 e. The highest BCUT2D eigenvalue weighted by Crippen LogP contribution is 2.20. The van der Waals surface area contributed by atoms with Crippen LogP contribution in [0.4, 0.5) is 0 Å². The summed E-state index contributed by atoms with van der Waals surface area (Å²) < 4.78 is 5.17. The normalized spacial score (nSPS) is 10.9. The molecule has 1 N–H and O–H groups in total. The lowest BCUT2D eigenvalue weighted by atomic mass is 10.1. The third-order valence-corrected chi connectivity index (χ3v) is 2.22. The summed E-state index contributed by atoms with van der Waals surface area (Å²) in [7, 11) is 1.55. The van der Waals surface area contributed by atoms with Gasteiger partial charge in [0.15, 0.2) is 0 Å². The largest absolute Gasteiger partial charge is 0.496 e. The molecule has 0 unspecified atom stereocenters. The molecule has 4 nitrogen and oxygen atoms in total. The van der Waals surface area contributed by atoms with Gasteiger partial charge in [-0.3, -0.25) is 4.79 Å². The number of nitriles is 1. The number of hydrogen-bond donors (Lipinski definition) is 1. The standard InChI is InChI=1S/C14H16N2O2/c1-10(2)16-14(17)12(9-15)8-11-6-4-5-7-13(11)18-3/h4-8,10H,1-3H3,(H,16,17)/b12-8-. The molecule has 0 aliphatic rings. The number of nitrogens with zero attached hydrogens (tertiary/aromatic N) is 1. The second-order valence-electron chi connectivity index (χ2n) is 4.04. The van der Waals surface area contributed by atoms with Gasteiger partial charge < -0.3 is 10.1 Å². The first-order valence-electron chi connectivity index (χ1n) is 5.64. The molecule has 1 amide bonds. The SMILES string of the molecule is COc1ccccc1/C=C(/C#N)C(=O)NC(C)C. The van der Waals surface area contributed by atoms with Gasteiger partial charge in [-0.1, -0.05) is 18.2 Å². The molecule has 1 aromatic carbocycles. The number of nitrogens with one attached hydrogen (secondary N) is 1. The van der Waals surface area contributed by atoms with Gasteiger partial charge in [-0.05, 0) is 26.0 Å². The summed E-state index contributed by atoms with van der Waals surface area (Å²) in [5.41, 5.74) is 0.767. The average molecular weight is 244 g/mol. The fraction of sp³-hybridized carbons (Fsp3) is 0.286. The van der Waals surface area contributed by atoms with E-state index in [9.17, 15) is 4.79 Å². The van der Waals surface area contributed by atoms with Crippen LogP contribution in [0.25, 0.3) is 6.08 Å². The number of methoxy groups -OCH3 is 1. The number of carbonyl (C=O) groups is 1. The zero-order valence-corrected chi connectivity index (χ0v) is 10.7. The molecule has 0 heterocycles. The van der Waals surface area contributed by atoms with Gasteiger partial charge in [0.25, 0.3) is 5.91 Å². The van der Waals surface area contributed by atoms with Crippen molar-refractivity contribution in [2.75, 3.05) is 7.11 Å². The van der Waals surface area contributed by atoms with Crippen molar-refractivity contribution in [3.8, 4) is 11.8 Å². The van der Waals surface area contributed by atoms with Crippen molar-refractivity contribution in [3.63, 3.8) is 0 Å². The highest BCUT2D eigenvalue weighted by atomic mass is 16.5. The first-order valence-corrected chi connectivity index (χ1v) is 5.64. The minimum atomic E-state index is -0.376. The molecule has 0 spiro atoms. The van der Waals surface area contributed by atoms with Crippen molar-refractivity contribution in [1.29, 1.82) is 5.26 Å². The van der Waals surface area contributed by atoms with Crippen LogP contribution in [0.1, 0.15) is 19.4 Å². The van der Waals surface area contributed by atoms with E-state index in [1.54, 1.807) is 19.2 Å². The van der Waals surface area contributed by atoms with Crippen LogP contribution in [0.2, 0.25) is 0 Å². The summed E-state index contributed by atoms with van der Waals surface area (Å²) in [6.45, 7) is 3.69. The van der Waals surface area contributed by atoms with Gasteiger partial charge in [-0.15, -0.1) is 0 Å². The maximum atomic E-state index is 11.7. The summed E-state index contributed by atoms with van der Waals surface area (Å²) in [6.07, 6.45) is 1.52. The van der Waals surface area contributed by atoms with Crippen LogP contribution in [0.5, 0.6) is 5.75 Å². The second-order valence-corrected chi connectivity index (χ2v) is 4.04. The summed E-state index contributed by atoms with van der Waals surface area (Å²) in [5.74, 6) is 0.251. The Hall–Kier alpha value is -2.28. The van der Waals surface area contributed by atoms with Gasteiger partial charge in [0.2, 0.25) is 0 Å². The lowest BCUT2D eigenvalue weighted by Crippen LogP contribution is -2.30. The Morgan fingerprint density at radius 3 is 2.67 bits per heavy atom. The third kappa shape index (κ3) is 3.63. The smallest absolute Gasteiger partial charge is 0.262 e. The number of benzene rings is 1. The fourth-order valence-electron chi connectivity index (χ4n) is 1.43. The zero-order chi connectivity index (χ0) is 13.5. The van der Waals surface area contributed by atoms with E-state index in [-0.39, 0.29) is 17.5 Å². The highest BCUT2D eigenvalue weighted by Gasteiger charge is 2.11. The molecule has 1 rings (SSSR count). The van der Waals surface area contributed by atoms with Crippen LogP contribution in [0.15, 0.2) is 29.8 Å². The fourth-order valence-corrected chi connectivity index (χ4v) is 1.43. The lowest BCUT2D eigenvalue weighted by molar-refractivity contribution is -0.117. The molecule has 0 saturated carbocycles. The third-order valence-electron chi connectivity index (χ3n) is 2.22. The summed E-state index contributed by atoms with van der Waals surface area (Å²) in [5, 5.41) is 11.7. The van der Waals surface area contributed by atoms with Crippen LogP contribution >= 0.6 is 0 Å².